The minimum absolute atomic E-state index is 0.691. The minimum atomic E-state index is 0.691. The van der Waals surface area contributed by atoms with Gasteiger partial charge in [-0.15, -0.1) is 11.3 Å². The second kappa shape index (κ2) is 4.92. The topological polar surface area (TPSA) is 45.4 Å². The number of nitrogens with two attached hydrogens (primary N) is 1. The predicted octanol–water partition coefficient (Wildman–Crippen LogP) is 1.40. The monoisotopic (exact) mass is 252 g/mol. The lowest BCUT2D eigenvalue weighted by atomic mass is 9.99. The van der Waals surface area contributed by atoms with Crippen LogP contribution < -0.4 is 5.73 Å². The van der Waals surface area contributed by atoms with Crippen LogP contribution in [-0.2, 0) is 6.54 Å². The third kappa shape index (κ3) is 2.61. The molecule has 0 spiro atoms. The zero-order valence-electron chi connectivity index (χ0n) is 10.1. The lowest BCUT2D eigenvalue weighted by molar-refractivity contribution is 0.0461. The normalized spacial score (nSPS) is 26.9. The molecule has 5 heteroatoms. The van der Waals surface area contributed by atoms with Crippen molar-refractivity contribution in [3.05, 3.63) is 11.1 Å². The van der Waals surface area contributed by atoms with E-state index in [2.05, 4.69) is 14.8 Å². The molecule has 3 rings (SSSR count). The van der Waals surface area contributed by atoms with Crippen molar-refractivity contribution in [3.63, 3.8) is 0 Å². The standard InChI is InChI=1S/C12H20N4S/c13-12-14-7-11(17-12)9-15-5-6-16-4-2-1-3-10(16)8-15/h7,10H,1-6,8-9H2,(H2,13,14). The van der Waals surface area contributed by atoms with Crippen molar-refractivity contribution in [2.75, 3.05) is 31.9 Å². The fourth-order valence-corrected chi connectivity index (χ4v) is 3.71. The molecule has 0 saturated carbocycles. The van der Waals surface area contributed by atoms with Crippen molar-refractivity contribution in [1.82, 2.24) is 14.8 Å². The van der Waals surface area contributed by atoms with E-state index in [1.165, 1.54) is 50.3 Å². The van der Waals surface area contributed by atoms with Gasteiger partial charge in [-0.05, 0) is 19.4 Å². The molecule has 1 unspecified atom stereocenters. The molecule has 17 heavy (non-hydrogen) atoms. The lowest BCUT2D eigenvalue weighted by Gasteiger charge is -2.43. The highest BCUT2D eigenvalue weighted by atomic mass is 32.1. The Hall–Kier alpha value is -0.650. The van der Waals surface area contributed by atoms with Crippen LogP contribution in [0.3, 0.4) is 0 Å². The minimum Gasteiger partial charge on any atom is -0.375 e. The summed E-state index contributed by atoms with van der Waals surface area (Å²) in [7, 11) is 0. The number of nitrogen functional groups attached to an aromatic ring is 1. The average molecular weight is 252 g/mol. The molecular weight excluding hydrogens is 232 g/mol. The molecule has 0 aliphatic carbocycles. The Kier molecular flexibility index (Phi) is 3.31. The molecule has 3 heterocycles. The number of anilines is 1. The van der Waals surface area contributed by atoms with E-state index in [1.54, 1.807) is 11.3 Å². The molecular formula is C12H20N4S. The molecule has 94 valence electrons. The van der Waals surface area contributed by atoms with Gasteiger partial charge in [-0.1, -0.05) is 6.42 Å². The molecule has 0 aromatic carbocycles. The summed E-state index contributed by atoms with van der Waals surface area (Å²) in [5, 5.41) is 0.691. The molecule has 1 aromatic rings. The summed E-state index contributed by atoms with van der Waals surface area (Å²) >= 11 is 1.62. The van der Waals surface area contributed by atoms with Crippen molar-refractivity contribution in [2.24, 2.45) is 0 Å². The van der Waals surface area contributed by atoms with E-state index < -0.39 is 0 Å². The van der Waals surface area contributed by atoms with Gasteiger partial charge in [0.1, 0.15) is 0 Å². The fourth-order valence-electron chi connectivity index (χ4n) is 2.98. The highest BCUT2D eigenvalue weighted by molar-refractivity contribution is 7.15. The summed E-state index contributed by atoms with van der Waals surface area (Å²) in [5.74, 6) is 0. The Morgan fingerprint density at radius 1 is 1.35 bits per heavy atom. The predicted molar refractivity (Wildman–Crippen MR) is 71.0 cm³/mol. The number of aromatic nitrogens is 1. The molecule has 1 atom stereocenters. The molecule has 4 nitrogen and oxygen atoms in total. The van der Waals surface area contributed by atoms with Gasteiger partial charge < -0.3 is 5.73 Å². The van der Waals surface area contributed by atoms with E-state index in [1.807, 2.05) is 6.20 Å². The second-order valence-electron chi connectivity index (χ2n) is 5.09. The largest absolute Gasteiger partial charge is 0.375 e. The first kappa shape index (κ1) is 11.4. The summed E-state index contributed by atoms with van der Waals surface area (Å²) < 4.78 is 0. The Bertz CT molecular complexity index is 378. The Morgan fingerprint density at radius 2 is 2.29 bits per heavy atom. The quantitative estimate of drug-likeness (QED) is 0.864. The Balaban J connectivity index is 1.58. The number of piperazine rings is 1. The van der Waals surface area contributed by atoms with Crippen LogP contribution in [-0.4, -0.2) is 47.0 Å². The van der Waals surface area contributed by atoms with Gasteiger partial charge in [-0.25, -0.2) is 4.98 Å². The van der Waals surface area contributed by atoms with Crippen LogP contribution >= 0.6 is 11.3 Å². The van der Waals surface area contributed by atoms with Gasteiger partial charge in [-0.2, -0.15) is 0 Å². The Morgan fingerprint density at radius 3 is 3.12 bits per heavy atom. The van der Waals surface area contributed by atoms with Gasteiger partial charge in [0.2, 0.25) is 0 Å². The molecule has 2 aliphatic heterocycles. The summed E-state index contributed by atoms with van der Waals surface area (Å²) in [6.45, 7) is 5.98. The van der Waals surface area contributed by atoms with Crippen molar-refractivity contribution in [2.45, 2.75) is 31.8 Å². The van der Waals surface area contributed by atoms with Gasteiger partial charge in [0, 0.05) is 43.3 Å². The van der Waals surface area contributed by atoms with E-state index in [0.29, 0.717) is 5.13 Å². The third-order valence-corrected chi connectivity index (χ3v) is 4.68. The van der Waals surface area contributed by atoms with Gasteiger partial charge in [-0.3, -0.25) is 9.80 Å². The molecule has 2 N–H and O–H groups in total. The van der Waals surface area contributed by atoms with E-state index in [-0.39, 0.29) is 0 Å². The zero-order chi connectivity index (χ0) is 11.7. The van der Waals surface area contributed by atoms with Crippen molar-refractivity contribution in [1.29, 1.82) is 0 Å². The first-order valence-electron chi connectivity index (χ1n) is 6.48. The Labute approximate surface area is 106 Å². The van der Waals surface area contributed by atoms with Crippen LogP contribution in [0.2, 0.25) is 0 Å². The van der Waals surface area contributed by atoms with Crippen molar-refractivity contribution < 1.29 is 0 Å². The van der Waals surface area contributed by atoms with E-state index >= 15 is 0 Å². The van der Waals surface area contributed by atoms with Crippen LogP contribution in [0.1, 0.15) is 24.1 Å². The SMILES string of the molecule is Nc1ncc(CN2CCN3CCCCC3C2)s1. The van der Waals surface area contributed by atoms with Crippen molar-refractivity contribution in [3.8, 4) is 0 Å². The molecule has 0 radical (unpaired) electrons. The van der Waals surface area contributed by atoms with Crippen molar-refractivity contribution >= 4 is 16.5 Å². The van der Waals surface area contributed by atoms with E-state index in [9.17, 15) is 0 Å². The third-order valence-electron chi connectivity index (χ3n) is 3.87. The van der Waals surface area contributed by atoms with E-state index in [4.69, 9.17) is 5.73 Å². The highest BCUT2D eigenvalue weighted by Gasteiger charge is 2.28. The summed E-state index contributed by atoms with van der Waals surface area (Å²) in [5.41, 5.74) is 5.67. The number of nitrogens with zero attached hydrogens (tertiary/aromatic N) is 3. The van der Waals surface area contributed by atoms with Crippen LogP contribution in [0.15, 0.2) is 6.20 Å². The smallest absolute Gasteiger partial charge is 0.180 e. The maximum Gasteiger partial charge on any atom is 0.180 e. The average Bonchev–Trinajstić information content (AvgIpc) is 2.75. The van der Waals surface area contributed by atoms with Crippen LogP contribution in [0, 0.1) is 0 Å². The zero-order valence-corrected chi connectivity index (χ0v) is 11.0. The molecule has 2 aliphatic rings. The maximum atomic E-state index is 5.67. The number of hydrogen-bond acceptors (Lipinski definition) is 5. The first-order valence-corrected chi connectivity index (χ1v) is 7.29. The molecule has 1 aromatic heterocycles. The lowest BCUT2D eigenvalue weighted by Crippen LogP contribution is -2.54. The van der Waals surface area contributed by atoms with E-state index in [0.717, 1.165) is 12.6 Å². The second-order valence-corrected chi connectivity index (χ2v) is 6.23. The number of rotatable bonds is 2. The number of fused-ring (bicyclic) bond motifs is 1. The number of hydrogen-bond donors (Lipinski definition) is 1. The highest BCUT2D eigenvalue weighted by Crippen LogP contribution is 2.23. The summed E-state index contributed by atoms with van der Waals surface area (Å²) in [4.78, 5) is 10.6. The molecule has 0 amide bonds. The molecule has 0 bridgehead atoms. The van der Waals surface area contributed by atoms with Gasteiger partial charge >= 0.3 is 0 Å². The number of thiazole rings is 1. The van der Waals surface area contributed by atoms with Gasteiger partial charge in [0.15, 0.2) is 5.13 Å². The summed E-state index contributed by atoms with van der Waals surface area (Å²) in [6, 6.07) is 0.794. The van der Waals surface area contributed by atoms with Crippen LogP contribution in [0.5, 0.6) is 0 Å². The van der Waals surface area contributed by atoms with Crippen LogP contribution in [0.4, 0.5) is 5.13 Å². The van der Waals surface area contributed by atoms with Gasteiger partial charge in [0.25, 0.3) is 0 Å². The maximum absolute atomic E-state index is 5.67. The molecule has 2 fully saturated rings. The first-order chi connectivity index (χ1) is 8.31. The summed E-state index contributed by atoms with van der Waals surface area (Å²) in [6.07, 6.45) is 6.10. The molecule has 2 saturated heterocycles. The fraction of sp³-hybridized carbons (Fsp3) is 0.750. The van der Waals surface area contributed by atoms with Crippen LogP contribution in [0.25, 0.3) is 0 Å². The number of piperidine rings is 1. The van der Waals surface area contributed by atoms with Gasteiger partial charge in [0.05, 0.1) is 0 Å².